The first-order chi connectivity index (χ1) is 12.7. The van der Waals surface area contributed by atoms with Crippen LogP contribution in [0.15, 0.2) is 21.7 Å². The Morgan fingerprint density at radius 1 is 1.39 bits per heavy atom. The Hall–Kier alpha value is -1.37. The molecular weight excluding hydrogens is 465 g/mol. The average molecular weight is 485 g/mol. The number of nitrogens with one attached hydrogen (secondary N) is 2. The van der Waals surface area contributed by atoms with Gasteiger partial charge in [-0.1, -0.05) is 10.5 Å². The number of aliphatic imine (C=N–C) groups is 1. The van der Waals surface area contributed by atoms with E-state index < -0.39 is 56.8 Å². The number of aromatic nitrogens is 1. The van der Waals surface area contributed by atoms with E-state index in [4.69, 9.17) is 0 Å². The summed E-state index contributed by atoms with van der Waals surface area (Å²) >= 11 is 3.13. The second-order valence-corrected chi connectivity index (χ2v) is 11.5. The molecule has 12 heteroatoms. The molecule has 2 aliphatic rings. The fourth-order valence-corrected chi connectivity index (χ4v) is 7.41. The fraction of sp³-hybridized carbons (Fsp3) is 0.562. The van der Waals surface area contributed by atoms with Crippen LogP contribution in [0.4, 0.5) is 18.0 Å². The number of rotatable bonds is 1. The van der Waals surface area contributed by atoms with E-state index >= 15 is 0 Å². The lowest BCUT2D eigenvalue weighted by atomic mass is 9.88. The number of hydrogen-bond acceptors (Lipinski definition) is 5. The van der Waals surface area contributed by atoms with Crippen LogP contribution in [-0.2, 0) is 5.54 Å². The highest BCUT2D eigenvalue weighted by atomic mass is 79.9. The quantitative estimate of drug-likeness (QED) is 0.453. The van der Waals surface area contributed by atoms with Crippen molar-refractivity contribution in [2.45, 2.75) is 48.7 Å². The molecule has 3 atom stereocenters. The van der Waals surface area contributed by atoms with Crippen LogP contribution in [0, 0.1) is 5.82 Å². The fourth-order valence-electron chi connectivity index (χ4n) is 3.69. The number of amides is 1. The van der Waals surface area contributed by atoms with Crippen molar-refractivity contribution in [2.24, 2.45) is 4.99 Å². The Balaban J connectivity index is 2.31. The van der Waals surface area contributed by atoms with Crippen LogP contribution < -0.4 is 10.0 Å². The average Bonchev–Trinajstić information content (AvgIpc) is 2.57. The zero-order valence-electron chi connectivity index (χ0n) is 15.3. The second kappa shape index (κ2) is 6.57. The van der Waals surface area contributed by atoms with Gasteiger partial charge in [-0.05, 0) is 48.8 Å². The summed E-state index contributed by atoms with van der Waals surface area (Å²) in [6.45, 7) is 3.65. The van der Waals surface area contributed by atoms with Gasteiger partial charge in [0.2, 0.25) is 0 Å². The second-order valence-electron chi connectivity index (χ2n) is 7.51. The van der Waals surface area contributed by atoms with Crippen LogP contribution >= 0.6 is 26.4 Å². The van der Waals surface area contributed by atoms with Crippen LogP contribution in [0.25, 0.3) is 0 Å². The van der Waals surface area contributed by atoms with E-state index in [0.29, 0.717) is 0 Å². The lowest BCUT2D eigenvalue weighted by molar-refractivity contribution is -0.0148. The third kappa shape index (κ3) is 3.19. The monoisotopic (exact) mass is 484 g/mol. The van der Waals surface area contributed by atoms with Crippen molar-refractivity contribution in [2.75, 3.05) is 6.54 Å². The molecule has 28 heavy (non-hydrogen) atoms. The van der Waals surface area contributed by atoms with Gasteiger partial charge >= 0.3 is 6.09 Å². The van der Waals surface area contributed by atoms with Gasteiger partial charge in [0, 0.05) is 6.42 Å². The third-order valence-electron chi connectivity index (χ3n) is 5.28. The molecule has 1 aromatic rings. The predicted molar refractivity (Wildman–Crippen MR) is 103 cm³/mol. The van der Waals surface area contributed by atoms with Crippen molar-refractivity contribution < 1.29 is 27.6 Å². The van der Waals surface area contributed by atoms with Crippen LogP contribution in [0.3, 0.4) is 0 Å². The molecule has 4 N–H and O–H groups in total. The largest absolute Gasteiger partial charge is 0.465 e. The Labute approximate surface area is 169 Å². The van der Waals surface area contributed by atoms with Crippen molar-refractivity contribution in [3.05, 3.63) is 28.2 Å². The molecule has 0 bridgehead atoms. The molecule has 3 heterocycles. The maximum atomic E-state index is 14.7. The minimum atomic E-state index is -3.16. The zero-order valence-corrected chi connectivity index (χ0v) is 17.7. The number of carboxylic acid groups (broad SMARTS) is 1. The maximum absolute atomic E-state index is 14.7. The highest BCUT2D eigenvalue weighted by Gasteiger charge is 2.64. The summed E-state index contributed by atoms with van der Waals surface area (Å²) in [5.41, 5.74) is -1.99. The van der Waals surface area contributed by atoms with Gasteiger partial charge in [0.1, 0.15) is 27.5 Å². The van der Waals surface area contributed by atoms with Gasteiger partial charge in [-0.15, -0.1) is 0 Å². The van der Waals surface area contributed by atoms with E-state index in [9.17, 15) is 27.6 Å². The lowest BCUT2D eigenvalue weighted by Gasteiger charge is -2.62. The first-order valence-electron chi connectivity index (χ1n) is 8.32. The smallest absolute Gasteiger partial charge is 0.410 e. The van der Waals surface area contributed by atoms with Gasteiger partial charge in [0.15, 0.2) is 0 Å². The van der Waals surface area contributed by atoms with Crippen molar-refractivity contribution in [1.29, 1.82) is 0 Å². The normalized spacial score (nSPS) is 35.9. The molecule has 156 valence electrons. The minimum absolute atomic E-state index is 0.143. The summed E-state index contributed by atoms with van der Waals surface area (Å²) in [7, 11) is -3.12. The molecule has 2 aliphatic heterocycles. The molecule has 0 aromatic carbocycles. The minimum Gasteiger partial charge on any atom is -0.465 e. The van der Waals surface area contributed by atoms with Crippen molar-refractivity contribution in [3.8, 4) is 0 Å². The number of fused-ring (bicyclic) bond motifs is 1. The van der Waals surface area contributed by atoms with Crippen LogP contribution in [0.1, 0.15) is 32.9 Å². The van der Waals surface area contributed by atoms with E-state index in [1.807, 2.05) is 0 Å². The van der Waals surface area contributed by atoms with Gasteiger partial charge < -0.3 is 9.66 Å². The summed E-state index contributed by atoms with van der Waals surface area (Å²) in [4.78, 5) is 19.7. The number of alkyl halides is 2. The van der Waals surface area contributed by atoms with Gasteiger partial charge in [0.05, 0.1) is 16.5 Å². The Morgan fingerprint density at radius 3 is 2.64 bits per heavy atom. The predicted octanol–water partition coefficient (Wildman–Crippen LogP) is 3.85. The van der Waals surface area contributed by atoms with E-state index in [1.54, 1.807) is 0 Å². The summed E-state index contributed by atoms with van der Waals surface area (Å²) in [6.07, 6.45) is -2.18. The molecule has 1 saturated heterocycles. The van der Waals surface area contributed by atoms with Crippen LogP contribution in [0.2, 0.25) is 0 Å². The third-order valence-corrected chi connectivity index (χ3v) is 9.51. The molecule has 3 rings (SSSR count). The zero-order chi connectivity index (χ0) is 21.1. The van der Waals surface area contributed by atoms with E-state index in [1.165, 1.54) is 26.8 Å². The number of nitrogens with zero attached hydrogens (tertiary/aromatic N) is 2. The lowest BCUT2D eigenvalue weighted by Crippen LogP contribution is -2.66. The van der Waals surface area contributed by atoms with Gasteiger partial charge in [-0.2, -0.15) is 0 Å². The summed E-state index contributed by atoms with van der Waals surface area (Å²) in [5, 5.41) is 10.1. The number of carbonyl (C=O) groups is 1. The maximum Gasteiger partial charge on any atom is 0.410 e. The molecule has 1 fully saturated rings. The topological polar surface area (TPSA) is 107 Å². The van der Waals surface area contributed by atoms with Crippen LogP contribution in [0.5, 0.6) is 0 Å². The Morgan fingerprint density at radius 2 is 2.04 bits per heavy atom. The van der Waals surface area contributed by atoms with Crippen LogP contribution in [-0.4, -0.2) is 49.0 Å². The first-order valence-corrected chi connectivity index (χ1v) is 10.8. The molecule has 0 spiro atoms. The van der Waals surface area contributed by atoms with E-state index in [-0.39, 0.29) is 16.1 Å². The highest BCUT2D eigenvalue weighted by Crippen LogP contribution is 2.68. The molecular formula is C16H20BrF3N4O3S. The molecule has 1 amide bonds. The number of halogens is 4. The summed E-state index contributed by atoms with van der Waals surface area (Å²) in [6, 6.07) is 2.46. The number of hydrogen-bond donors (Lipinski definition) is 4. The van der Waals surface area contributed by atoms with Gasteiger partial charge in [-0.3, -0.25) is 15.0 Å². The molecule has 1 unspecified atom stereocenters. The van der Waals surface area contributed by atoms with E-state index in [2.05, 4.69) is 35.9 Å². The van der Waals surface area contributed by atoms with Gasteiger partial charge in [0.25, 0.3) is 5.92 Å². The molecule has 0 radical (unpaired) electrons. The first kappa shape index (κ1) is 21.3. The van der Waals surface area contributed by atoms with E-state index in [0.717, 1.165) is 6.07 Å². The number of amidine groups is 1. The summed E-state index contributed by atoms with van der Waals surface area (Å²) < 4.78 is 56.3. The van der Waals surface area contributed by atoms with Gasteiger partial charge in [-0.25, -0.2) is 22.9 Å². The van der Waals surface area contributed by atoms with Crippen molar-refractivity contribution >= 4 is 38.4 Å². The molecule has 0 aliphatic carbocycles. The van der Waals surface area contributed by atoms with Crippen molar-refractivity contribution in [1.82, 2.24) is 15.0 Å². The highest BCUT2D eigenvalue weighted by molar-refractivity contribution is 9.10. The standard InChI is InChI=1S/C16H20BrF3N4O3S/c1-14(2)12(23-13(25)26)24-15(3,11-8(18)4-5-10(17)22-11)9-6-16(19,20)7-21-28(9,14)27/h4-5,9,21,27H,6-7H2,1-3H3,(H,23,24)(H,25,26)/t9-,15+/m1/s1. The Bertz CT molecular complexity index is 872. The SMILES string of the molecule is CC1(C)C(NC(=O)O)=N[C@](C)(c2nc(Br)ccc2F)[C@H]2CC(F)(F)CNS21O. The number of pyridine rings is 1. The molecule has 1 aromatic heterocycles. The molecule has 0 saturated carbocycles. The molecule has 7 nitrogen and oxygen atoms in total. The summed E-state index contributed by atoms with van der Waals surface area (Å²) in [5.74, 6) is -4.09. The van der Waals surface area contributed by atoms with Crippen molar-refractivity contribution in [3.63, 3.8) is 0 Å². The Kier molecular flexibility index (Phi) is 5.01.